The third kappa shape index (κ3) is 2.94. The molecule has 0 bridgehead atoms. The topological polar surface area (TPSA) is 86.3 Å². The standard InChI is InChI=1S/C13H19N3O3/c1-8(2)10-6-11(15-14-10)12(17)16-5-3-4-9(7-16)13(18)19/h6,8-9H,3-5,7H2,1-2H3,(H,14,15)(H,18,19). The molecule has 1 fully saturated rings. The fourth-order valence-electron chi connectivity index (χ4n) is 2.27. The van der Waals surface area contributed by atoms with Gasteiger partial charge in [0.05, 0.1) is 5.92 Å². The molecule has 0 spiro atoms. The molecule has 2 rings (SSSR count). The second kappa shape index (κ2) is 5.42. The number of carbonyl (C=O) groups excluding carboxylic acids is 1. The molecule has 0 radical (unpaired) electrons. The number of hydrogen-bond donors (Lipinski definition) is 2. The van der Waals surface area contributed by atoms with E-state index in [2.05, 4.69) is 10.2 Å². The number of piperidine rings is 1. The normalized spacial score (nSPS) is 19.7. The molecule has 1 saturated heterocycles. The Morgan fingerprint density at radius 3 is 2.84 bits per heavy atom. The first kappa shape index (κ1) is 13.6. The average Bonchev–Trinajstić information content (AvgIpc) is 2.87. The minimum atomic E-state index is -0.831. The number of carboxylic acid groups (broad SMARTS) is 1. The van der Waals surface area contributed by atoms with E-state index >= 15 is 0 Å². The van der Waals surface area contributed by atoms with Crippen molar-refractivity contribution in [1.29, 1.82) is 0 Å². The van der Waals surface area contributed by atoms with Gasteiger partial charge in [0.1, 0.15) is 5.69 Å². The predicted molar refractivity (Wildman–Crippen MR) is 68.9 cm³/mol. The molecular formula is C13H19N3O3. The first-order valence-corrected chi connectivity index (χ1v) is 6.56. The second-order valence-electron chi connectivity index (χ2n) is 5.29. The number of aromatic amines is 1. The summed E-state index contributed by atoms with van der Waals surface area (Å²) in [6.07, 6.45) is 1.36. The zero-order chi connectivity index (χ0) is 14.0. The third-order valence-electron chi connectivity index (χ3n) is 3.50. The highest BCUT2D eigenvalue weighted by Crippen LogP contribution is 2.19. The first-order valence-electron chi connectivity index (χ1n) is 6.56. The van der Waals surface area contributed by atoms with Gasteiger partial charge < -0.3 is 10.0 Å². The van der Waals surface area contributed by atoms with Gasteiger partial charge in [-0.05, 0) is 24.8 Å². The molecule has 0 aromatic carbocycles. The van der Waals surface area contributed by atoms with Crippen molar-refractivity contribution in [3.05, 3.63) is 17.5 Å². The Bertz CT molecular complexity index is 481. The van der Waals surface area contributed by atoms with E-state index in [4.69, 9.17) is 5.11 Å². The number of amides is 1. The SMILES string of the molecule is CC(C)c1cc(C(=O)N2CCCC(C(=O)O)C2)n[nH]1. The number of aromatic nitrogens is 2. The minimum absolute atomic E-state index is 0.186. The molecular weight excluding hydrogens is 246 g/mol. The summed E-state index contributed by atoms with van der Waals surface area (Å²) in [5, 5.41) is 15.9. The molecule has 19 heavy (non-hydrogen) atoms. The van der Waals surface area contributed by atoms with Gasteiger partial charge in [-0.25, -0.2) is 0 Å². The molecule has 0 saturated carbocycles. The highest BCUT2D eigenvalue weighted by atomic mass is 16.4. The lowest BCUT2D eigenvalue weighted by molar-refractivity contribution is -0.143. The molecule has 1 aromatic heterocycles. The van der Waals surface area contributed by atoms with Gasteiger partial charge in [0.25, 0.3) is 5.91 Å². The summed E-state index contributed by atoms with van der Waals surface area (Å²) < 4.78 is 0. The van der Waals surface area contributed by atoms with E-state index < -0.39 is 11.9 Å². The quantitative estimate of drug-likeness (QED) is 0.866. The van der Waals surface area contributed by atoms with Crippen LogP contribution >= 0.6 is 0 Å². The number of rotatable bonds is 3. The van der Waals surface area contributed by atoms with Crippen LogP contribution < -0.4 is 0 Å². The fourth-order valence-corrected chi connectivity index (χ4v) is 2.27. The van der Waals surface area contributed by atoms with Crippen LogP contribution in [-0.2, 0) is 4.79 Å². The highest BCUT2D eigenvalue weighted by molar-refractivity contribution is 5.92. The van der Waals surface area contributed by atoms with E-state index in [-0.39, 0.29) is 18.4 Å². The molecule has 104 valence electrons. The summed E-state index contributed by atoms with van der Waals surface area (Å²) in [5.41, 5.74) is 1.28. The summed E-state index contributed by atoms with van der Waals surface area (Å²) in [6, 6.07) is 1.75. The second-order valence-corrected chi connectivity index (χ2v) is 5.29. The third-order valence-corrected chi connectivity index (χ3v) is 3.50. The molecule has 1 aliphatic heterocycles. The van der Waals surface area contributed by atoms with E-state index in [1.54, 1.807) is 11.0 Å². The summed E-state index contributed by atoms with van der Waals surface area (Å²) >= 11 is 0. The lowest BCUT2D eigenvalue weighted by Crippen LogP contribution is -2.42. The number of carboxylic acids is 1. The number of nitrogens with zero attached hydrogens (tertiary/aromatic N) is 2. The van der Waals surface area contributed by atoms with Gasteiger partial charge in [-0.1, -0.05) is 13.8 Å². The van der Waals surface area contributed by atoms with E-state index in [1.807, 2.05) is 13.8 Å². The number of H-pyrrole nitrogens is 1. The monoisotopic (exact) mass is 265 g/mol. The van der Waals surface area contributed by atoms with Crippen molar-refractivity contribution in [1.82, 2.24) is 15.1 Å². The van der Waals surface area contributed by atoms with Crippen molar-refractivity contribution >= 4 is 11.9 Å². The number of nitrogens with one attached hydrogen (secondary N) is 1. The first-order chi connectivity index (χ1) is 8.99. The van der Waals surface area contributed by atoms with Gasteiger partial charge >= 0.3 is 5.97 Å². The summed E-state index contributed by atoms with van der Waals surface area (Å²) in [4.78, 5) is 24.8. The van der Waals surface area contributed by atoms with Crippen LogP contribution in [0.5, 0.6) is 0 Å². The van der Waals surface area contributed by atoms with Gasteiger partial charge in [-0.3, -0.25) is 14.7 Å². The van der Waals surface area contributed by atoms with Crippen LogP contribution in [-0.4, -0.2) is 45.2 Å². The Hall–Kier alpha value is -1.85. The van der Waals surface area contributed by atoms with Crippen LogP contribution in [0, 0.1) is 5.92 Å². The lowest BCUT2D eigenvalue weighted by atomic mass is 9.98. The maximum Gasteiger partial charge on any atom is 0.308 e. The van der Waals surface area contributed by atoms with Gasteiger partial charge in [-0.15, -0.1) is 0 Å². The van der Waals surface area contributed by atoms with Crippen LogP contribution in [0.25, 0.3) is 0 Å². The fraction of sp³-hybridized carbons (Fsp3) is 0.615. The molecule has 0 aliphatic carbocycles. The van der Waals surface area contributed by atoms with E-state index in [0.717, 1.165) is 12.1 Å². The molecule has 1 atom stereocenters. The molecule has 1 aromatic rings. The largest absolute Gasteiger partial charge is 0.481 e. The summed E-state index contributed by atoms with van der Waals surface area (Å²) in [5.74, 6) is -1.19. The summed E-state index contributed by atoms with van der Waals surface area (Å²) in [6.45, 7) is 4.91. The smallest absolute Gasteiger partial charge is 0.308 e. The van der Waals surface area contributed by atoms with Crippen LogP contribution in [0.3, 0.4) is 0 Å². The average molecular weight is 265 g/mol. The molecule has 6 nitrogen and oxygen atoms in total. The van der Waals surface area contributed by atoms with Crippen molar-refractivity contribution in [2.75, 3.05) is 13.1 Å². The van der Waals surface area contributed by atoms with Gasteiger partial charge in [0.2, 0.25) is 0 Å². The van der Waals surface area contributed by atoms with E-state index in [1.165, 1.54) is 0 Å². The van der Waals surface area contributed by atoms with Crippen LogP contribution in [0.2, 0.25) is 0 Å². The minimum Gasteiger partial charge on any atom is -0.481 e. The van der Waals surface area contributed by atoms with Crippen LogP contribution in [0.1, 0.15) is 48.8 Å². The molecule has 1 amide bonds. The maximum absolute atomic E-state index is 12.3. The number of hydrogen-bond acceptors (Lipinski definition) is 3. The Labute approximate surface area is 111 Å². The van der Waals surface area contributed by atoms with E-state index in [9.17, 15) is 9.59 Å². The highest BCUT2D eigenvalue weighted by Gasteiger charge is 2.29. The van der Waals surface area contributed by atoms with Crippen molar-refractivity contribution in [2.24, 2.45) is 5.92 Å². The van der Waals surface area contributed by atoms with Crippen LogP contribution in [0.15, 0.2) is 6.07 Å². The van der Waals surface area contributed by atoms with Crippen molar-refractivity contribution in [3.63, 3.8) is 0 Å². The van der Waals surface area contributed by atoms with Crippen molar-refractivity contribution < 1.29 is 14.7 Å². The maximum atomic E-state index is 12.3. The number of carbonyl (C=O) groups is 2. The zero-order valence-corrected chi connectivity index (χ0v) is 11.2. The van der Waals surface area contributed by atoms with Gasteiger partial charge in [-0.2, -0.15) is 5.10 Å². The predicted octanol–water partition coefficient (Wildman–Crippen LogP) is 1.47. The van der Waals surface area contributed by atoms with Gasteiger partial charge in [0.15, 0.2) is 0 Å². The van der Waals surface area contributed by atoms with Crippen molar-refractivity contribution in [3.8, 4) is 0 Å². The Morgan fingerprint density at radius 2 is 2.26 bits per heavy atom. The summed E-state index contributed by atoms with van der Waals surface area (Å²) in [7, 11) is 0. The molecule has 1 unspecified atom stereocenters. The van der Waals surface area contributed by atoms with Gasteiger partial charge in [0, 0.05) is 18.8 Å². The zero-order valence-electron chi connectivity index (χ0n) is 11.2. The number of aliphatic carboxylic acids is 1. The Kier molecular flexibility index (Phi) is 3.87. The molecule has 2 N–H and O–H groups in total. The molecule has 2 heterocycles. The molecule has 1 aliphatic rings. The molecule has 6 heteroatoms. The van der Waals surface area contributed by atoms with Crippen molar-refractivity contribution in [2.45, 2.75) is 32.6 Å². The van der Waals surface area contributed by atoms with Crippen LogP contribution in [0.4, 0.5) is 0 Å². The lowest BCUT2D eigenvalue weighted by Gasteiger charge is -2.30. The Morgan fingerprint density at radius 1 is 1.53 bits per heavy atom. The van der Waals surface area contributed by atoms with E-state index in [0.29, 0.717) is 18.7 Å². The number of likely N-dealkylation sites (tertiary alicyclic amines) is 1. The Balaban J connectivity index is 2.08.